The fourth-order valence-corrected chi connectivity index (χ4v) is 2.74. The number of hydrogen-bond acceptors (Lipinski definition) is 3. The quantitative estimate of drug-likeness (QED) is 0.778. The summed E-state index contributed by atoms with van der Waals surface area (Å²) < 4.78 is 3.41. The fraction of sp³-hybridized carbons (Fsp3) is 0.125. The van der Waals surface area contributed by atoms with E-state index in [0.717, 1.165) is 5.56 Å². The molecule has 1 aliphatic heterocycles. The zero-order valence-corrected chi connectivity index (χ0v) is 12.7. The SMILES string of the molecule is COc1ccc2c(c1)C(=O)C(Cl)(Cl)C(c1ccccc1)=N2. The molecular weight excluding hydrogens is 309 g/mol. The average Bonchev–Trinajstić information content (AvgIpc) is 2.51. The number of carbonyl (C=O) groups excluding carboxylic acids is 1. The smallest absolute Gasteiger partial charge is 0.222 e. The molecule has 0 N–H and O–H groups in total. The molecule has 106 valence electrons. The second-order valence-corrected chi connectivity index (χ2v) is 5.94. The normalized spacial score (nSPS) is 16.1. The lowest BCUT2D eigenvalue weighted by Crippen LogP contribution is -2.38. The summed E-state index contributed by atoms with van der Waals surface area (Å²) >= 11 is 12.6. The number of halogens is 2. The first kappa shape index (κ1) is 14.1. The van der Waals surface area contributed by atoms with Crippen molar-refractivity contribution < 1.29 is 9.53 Å². The number of aliphatic imine (C=N–C) groups is 1. The lowest BCUT2D eigenvalue weighted by molar-refractivity contribution is 0.0991. The lowest BCUT2D eigenvalue weighted by atomic mass is 9.95. The van der Waals surface area contributed by atoms with Crippen LogP contribution in [0.4, 0.5) is 5.69 Å². The van der Waals surface area contributed by atoms with E-state index in [-0.39, 0.29) is 0 Å². The first-order chi connectivity index (χ1) is 10.0. The van der Waals surface area contributed by atoms with Crippen molar-refractivity contribution in [1.82, 2.24) is 0 Å². The number of ether oxygens (including phenoxy) is 1. The Kier molecular flexibility index (Phi) is 3.47. The highest BCUT2D eigenvalue weighted by Crippen LogP contribution is 2.40. The van der Waals surface area contributed by atoms with E-state index in [2.05, 4.69) is 4.99 Å². The molecule has 0 saturated heterocycles. The summed E-state index contributed by atoms with van der Waals surface area (Å²) in [6.07, 6.45) is 0. The Balaban J connectivity index is 2.21. The van der Waals surface area contributed by atoms with Gasteiger partial charge < -0.3 is 4.74 Å². The van der Waals surface area contributed by atoms with Crippen molar-refractivity contribution in [2.24, 2.45) is 4.99 Å². The van der Waals surface area contributed by atoms with Crippen molar-refractivity contribution in [2.45, 2.75) is 4.33 Å². The van der Waals surface area contributed by atoms with E-state index in [1.54, 1.807) is 18.2 Å². The van der Waals surface area contributed by atoms with Gasteiger partial charge in [0.05, 0.1) is 24.1 Å². The lowest BCUT2D eigenvalue weighted by Gasteiger charge is -2.26. The number of Topliss-reactive ketones (excluding diaryl/α,β-unsaturated/α-hetero) is 1. The number of methoxy groups -OCH3 is 1. The molecule has 0 atom stereocenters. The maximum absolute atomic E-state index is 12.6. The molecule has 3 nitrogen and oxygen atoms in total. The largest absolute Gasteiger partial charge is 0.497 e. The predicted molar refractivity (Wildman–Crippen MR) is 84.4 cm³/mol. The van der Waals surface area contributed by atoms with E-state index in [4.69, 9.17) is 27.9 Å². The number of hydrogen-bond donors (Lipinski definition) is 0. The van der Waals surface area contributed by atoms with E-state index in [1.807, 2.05) is 30.3 Å². The maximum Gasteiger partial charge on any atom is 0.222 e. The number of rotatable bonds is 2. The molecule has 0 saturated carbocycles. The zero-order chi connectivity index (χ0) is 15.0. The average molecular weight is 320 g/mol. The first-order valence-electron chi connectivity index (χ1n) is 6.29. The first-order valence-corrected chi connectivity index (χ1v) is 7.05. The molecule has 1 heterocycles. The third-order valence-corrected chi connectivity index (χ3v) is 4.01. The number of nitrogens with zero attached hydrogens (tertiary/aromatic N) is 1. The molecule has 21 heavy (non-hydrogen) atoms. The minimum atomic E-state index is -1.71. The van der Waals surface area contributed by atoms with E-state index in [9.17, 15) is 4.79 Å². The van der Waals surface area contributed by atoms with Gasteiger partial charge in [0, 0.05) is 0 Å². The Morgan fingerprint density at radius 1 is 1.10 bits per heavy atom. The second kappa shape index (κ2) is 5.17. The molecule has 1 aliphatic rings. The van der Waals surface area contributed by atoms with Crippen LogP contribution >= 0.6 is 23.2 Å². The van der Waals surface area contributed by atoms with Gasteiger partial charge in [-0.05, 0) is 23.8 Å². The molecule has 0 radical (unpaired) electrons. The molecule has 0 bridgehead atoms. The van der Waals surface area contributed by atoms with Gasteiger partial charge >= 0.3 is 0 Å². The molecule has 0 fully saturated rings. The molecular formula is C16H11Cl2NO2. The van der Waals surface area contributed by atoms with Crippen molar-refractivity contribution in [3.8, 4) is 5.75 Å². The van der Waals surface area contributed by atoms with E-state index >= 15 is 0 Å². The van der Waals surface area contributed by atoms with Crippen molar-refractivity contribution >= 4 is 40.4 Å². The fourth-order valence-electron chi connectivity index (χ4n) is 2.23. The van der Waals surface area contributed by atoms with Gasteiger partial charge in [0.15, 0.2) is 0 Å². The van der Waals surface area contributed by atoms with Crippen molar-refractivity contribution in [3.05, 3.63) is 59.7 Å². The minimum Gasteiger partial charge on any atom is -0.497 e. The Labute approximate surface area is 132 Å². The van der Waals surface area contributed by atoms with Gasteiger partial charge in [-0.2, -0.15) is 0 Å². The third kappa shape index (κ3) is 2.33. The Morgan fingerprint density at radius 2 is 1.81 bits per heavy atom. The van der Waals surface area contributed by atoms with Crippen LogP contribution in [0, 0.1) is 0 Å². The molecule has 2 aromatic carbocycles. The highest BCUT2D eigenvalue weighted by molar-refractivity contribution is 6.72. The van der Waals surface area contributed by atoms with E-state index < -0.39 is 10.1 Å². The van der Waals surface area contributed by atoms with Crippen molar-refractivity contribution in [1.29, 1.82) is 0 Å². The number of fused-ring (bicyclic) bond motifs is 1. The molecule has 0 spiro atoms. The predicted octanol–water partition coefficient (Wildman–Crippen LogP) is 4.19. The Bertz CT molecular complexity index is 739. The van der Waals surface area contributed by atoms with Crippen molar-refractivity contribution in [2.75, 3.05) is 7.11 Å². The molecule has 2 aromatic rings. The van der Waals surface area contributed by atoms with E-state index in [0.29, 0.717) is 22.7 Å². The summed E-state index contributed by atoms with van der Waals surface area (Å²) in [5.41, 5.74) is 1.96. The van der Waals surface area contributed by atoms with Gasteiger partial charge in [-0.25, -0.2) is 4.99 Å². The van der Waals surface area contributed by atoms with Crippen LogP contribution in [0.3, 0.4) is 0 Å². The second-order valence-electron chi connectivity index (χ2n) is 4.61. The maximum atomic E-state index is 12.6. The van der Waals surface area contributed by atoms with Gasteiger partial charge in [0.2, 0.25) is 10.1 Å². The highest BCUT2D eigenvalue weighted by Gasteiger charge is 2.44. The number of ketones is 1. The van der Waals surface area contributed by atoms with Crippen molar-refractivity contribution in [3.63, 3.8) is 0 Å². The Hall–Kier alpha value is -1.84. The third-order valence-electron chi connectivity index (χ3n) is 3.31. The molecule has 0 amide bonds. The molecule has 0 unspecified atom stereocenters. The van der Waals surface area contributed by atoms with Crippen LogP contribution in [-0.2, 0) is 0 Å². The number of carbonyl (C=O) groups is 1. The van der Waals surface area contributed by atoms with Crippen LogP contribution in [0.25, 0.3) is 0 Å². The van der Waals surface area contributed by atoms with Gasteiger partial charge in [-0.1, -0.05) is 53.5 Å². The molecule has 0 aliphatic carbocycles. The molecule has 5 heteroatoms. The van der Waals surface area contributed by atoms with Gasteiger partial charge in [0.1, 0.15) is 5.75 Å². The van der Waals surface area contributed by atoms with Crippen LogP contribution in [0.15, 0.2) is 53.5 Å². The van der Waals surface area contributed by atoms with Crippen LogP contribution < -0.4 is 4.74 Å². The van der Waals surface area contributed by atoms with Gasteiger partial charge in [-0.3, -0.25) is 4.79 Å². The van der Waals surface area contributed by atoms with Gasteiger partial charge in [-0.15, -0.1) is 0 Å². The van der Waals surface area contributed by atoms with Gasteiger partial charge in [0.25, 0.3) is 0 Å². The summed E-state index contributed by atoms with van der Waals surface area (Å²) in [6, 6.07) is 14.3. The molecule has 0 aromatic heterocycles. The van der Waals surface area contributed by atoms with Crippen LogP contribution in [0.2, 0.25) is 0 Å². The summed E-state index contributed by atoms with van der Waals surface area (Å²) in [4.78, 5) is 17.1. The summed E-state index contributed by atoms with van der Waals surface area (Å²) in [6.45, 7) is 0. The number of benzene rings is 2. The highest BCUT2D eigenvalue weighted by atomic mass is 35.5. The molecule has 3 rings (SSSR count). The van der Waals surface area contributed by atoms with E-state index in [1.165, 1.54) is 7.11 Å². The number of alkyl halides is 2. The standard InChI is InChI=1S/C16H11Cl2NO2/c1-21-11-7-8-13-12(9-11)15(20)16(17,18)14(19-13)10-5-3-2-4-6-10/h2-9H,1H3. The summed E-state index contributed by atoms with van der Waals surface area (Å²) in [5.74, 6) is 0.165. The van der Waals surface area contributed by atoms with Crippen LogP contribution in [0.5, 0.6) is 5.75 Å². The zero-order valence-electron chi connectivity index (χ0n) is 11.1. The summed E-state index contributed by atoms with van der Waals surface area (Å²) in [5, 5.41) is 0. The van der Waals surface area contributed by atoms with Crippen LogP contribution in [0.1, 0.15) is 15.9 Å². The van der Waals surface area contributed by atoms with Crippen LogP contribution in [-0.4, -0.2) is 22.9 Å². The topological polar surface area (TPSA) is 38.7 Å². The monoisotopic (exact) mass is 319 g/mol. The Morgan fingerprint density at radius 3 is 2.48 bits per heavy atom. The minimum absolute atomic E-state index is 0.342. The summed E-state index contributed by atoms with van der Waals surface area (Å²) in [7, 11) is 1.53.